The molecular weight excluding hydrogens is 414 g/mol. The summed E-state index contributed by atoms with van der Waals surface area (Å²) in [5, 5.41) is 2.54. The lowest BCUT2D eigenvalue weighted by atomic mass is 9.97. The smallest absolute Gasteiger partial charge is 0.387 e. The van der Waals surface area contributed by atoms with Gasteiger partial charge in [-0.05, 0) is 69.6 Å². The minimum Gasteiger partial charge on any atom is -0.435 e. The van der Waals surface area contributed by atoms with Gasteiger partial charge in [-0.25, -0.2) is 0 Å². The molecule has 0 unspecified atom stereocenters. The molecule has 4 aromatic carbocycles. The summed E-state index contributed by atoms with van der Waals surface area (Å²) < 4.78 is 29.1. The molecule has 0 N–H and O–H groups in total. The number of fused-ring (bicyclic) bond motifs is 1. The zero-order valence-corrected chi connectivity index (χ0v) is 19.1. The molecule has 0 bridgehead atoms. The summed E-state index contributed by atoms with van der Waals surface area (Å²) in [7, 11) is 0. The maximum absolute atomic E-state index is 12.3. The predicted molar refractivity (Wildman–Crippen MR) is 134 cm³/mol. The van der Waals surface area contributed by atoms with Crippen LogP contribution < -0.4 is 4.74 Å². The first kappa shape index (κ1) is 23.0. The summed E-state index contributed by atoms with van der Waals surface area (Å²) in [6.07, 6.45) is 7.69. The van der Waals surface area contributed by atoms with Gasteiger partial charge in [-0.3, -0.25) is 0 Å². The van der Waals surface area contributed by atoms with Crippen LogP contribution in [-0.2, 0) is 6.42 Å². The van der Waals surface area contributed by atoms with E-state index in [-0.39, 0.29) is 5.75 Å². The van der Waals surface area contributed by atoms with Crippen LogP contribution in [0.5, 0.6) is 5.75 Å². The molecule has 0 aliphatic rings. The number of benzene rings is 4. The Labute approximate surface area is 195 Å². The lowest BCUT2D eigenvalue weighted by Gasteiger charge is -2.09. The van der Waals surface area contributed by atoms with Crippen LogP contribution in [0.1, 0.15) is 44.6 Å². The quantitative estimate of drug-likeness (QED) is 0.221. The Morgan fingerprint density at radius 1 is 0.606 bits per heavy atom. The Hall–Kier alpha value is -3.20. The molecule has 4 rings (SSSR count). The highest BCUT2D eigenvalue weighted by Crippen LogP contribution is 2.29. The second kappa shape index (κ2) is 11.1. The molecule has 170 valence electrons. The molecule has 0 aliphatic heterocycles. The van der Waals surface area contributed by atoms with Crippen molar-refractivity contribution in [2.75, 3.05) is 0 Å². The molecule has 0 radical (unpaired) electrons. The Bertz CT molecular complexity index is 1160. The molecular formula is C30H30F2O. The number of ether oxygens (including phenoxy) is 1. The minimum absolute atomic E-state index is 0.168. The highest BCUT2D eigenvalue weighted by atomic mass is 19.3. The van der Waals surface area contributed by atoms with Gasteiger partial charge in [0.05, 0.1) is 0 Å². The molecule has 0 saturated carbocycles. The average molecular weight is 445 g/mol. The average Bonchev–Trinajstić information content (AvgIpc) is 2.84. The van der Waals surface area contributed by atoms with Crippen molar-refractivity contribution >= 4 is 10.8 Å². The molecule has 0 aliphatic carbocycles. The van der Waals surface area contributed by atoms with E-state index < -0.39 is 6.61 Å². The summed E-state index contributed by atoms with van der Waals surface area (Å²) in [6.45, 7) is -0.555. The van der Waals surface area contributed by atoms with Crippen molar-refractivity contribution in [3.63, 3.8) is 0 Å². The standard InChI is InChI=1S/C30H30F2O/c1-2-3-4-5-6-7-22-8-9-28-21-27(15-14-26(28)20-22)25-12-10-23(11-13-25)24-16-18-29(19-17-24)33-30(31)32/h8-21,30H,2-7H2,1H3. The van der Waals surface area contributed by atoms with Crippen LogP contribution in [0.25, 0.3) is 33.0 Å². The Balaban J connectivity index is 1.44. The van der Waals surface area contributed by atoms with Gasteiger partial charge < -0.3 is 4.74 Å². The molecule has 4 aromatic rings. The largest absolute Gasteiger partial charge is 0.435 e. The van der Waals surface area contributed by atoms with E-state index in [0.29, 0.717) is 0 Å². The van der Waals surface area contributed by atoms with Gasteiger partial charge in [-0.15, -0.1) is 0 Å². The first-order chi connectivity index (χ1) is 16.1. The van der Waals surface area contributed by atoms with Crippen LogP contribution in [0, 0.1) is 0 Å². The monoisotopic (exact) mass is 444 g/mol. The second-order valence-electron chi connectivity index (χ2n) is 8.54. The SMILES string of the molecule is CCCCCCCc1ccc2cc(-c3ccc(-c4ccc(OC(F)F)cc4)cc3)ccc2c1. The van der Waals surface area contributed by atoms with Gasteiger partial charge in [0.2, 0.25) is 0 Å². The van der Waals surface area contributed by atoms with E-state index in [1.54, 1.807) is 24.3 Å². The van der Waals surface area contributed by atoms with E-state index in [0.717, 1.165) is 23.1 Å². The molecule has 3 heteroatoms. The maximum atomic E-state index is 12.3. The minimum atomic E-state index is -2.81. The summed E-state index contributed by atoms with van der Waals surface area (Å²) >= 11 is 0. The zero-order valence-electron chi connectivity index (χ0n) is 19.1. The van der Waals surface area contributed by atoms with Crippen molar-refractivity contribution in [1.82, 2.24) is 0 Å². The maximum Gasteiger partial charge on any atom is 0.387 e. The van der Waals surface area contributed by atoms with Gasteiger partial charge >= 0.3 is 6.61 Å². The normalized spacial score (nSPS) is 11.3. The number of hydrogen-bond donors (Lipinski definition) is 0. The number of halogens is 2. The molecule has 0 saturated heterocycles. The van der Waals surface area contributed by atoms with Gasteiger partial charge in [-0.2, -0.15) is 8.78 Å². The zero-order chi connectivity index (χ0) is 23.0. The summed E-state index contributed by atoms with van der Waals surface area (Å²) in [6, 6.07) is 28.5. The molecule has 0 aromatic heterocycles. The van der Waals surface area contributed by atoms with Gasteiger partial charge in [0.1, 0.15) is 5.75 Å². The van der Waals surface area contributed by atoms with Crippen molar-refractivity contribution in [3.8, 4) is 28.0 Å². The van der Waals surface area contributed by atoms with Gasteiger partial charge in [0.25, 0.3) is 0 Å². The van der Waals surface area contributed by atoms with Crippen LogP contribution in [0.3, 0.4) is 0 Å². The number of aryl methyl sites for hydroxylation is 1. The molecule has 0 spiro atoms. The Kier molecular flexibility index (Phi) is 7.72. The van der Waals surface area contributed by atoms with E-state index in [1.165, 1.54) is 54.0 Å². The summed E-state index contributed by atoms with van der Waals surface area (Å²) in [5.74, 6) is 0.168. The molecule has 1 nitrogen and oxygen atoms in total. The van der Waals surface area contributed by atoms with E-state index in [2.05, 4.69) is 72.3 Å². The highest BCUT2D eigenvalue weighted by molar-refractivity contribution is 5.88. The van der Waals surface area contributed by atoms with Crippen molar-refractivity contribution in [2.45, 2.75) is 52.1 Å². The van der Waals surface area contributed by atoms with Crippen LogP contribution in [0.2, 0.25) is 0 Å². The third kappa shape index (κ3) is 6.19. The third-order valence-electron chi connectivity index (χ3n) is 6.10. The highest BCUT2D eigenvalue weighted by Gasteiger charge is 2.06. The van der Waals surface area contributed by atoms with E-state index >= 15 is 0 Å². The lowest BCUT2D eigenvalue weighted by Crippen LogP contribution is -2.01. The van der Waals surface area contributed by atoms with E-state index in [1.807, 2.05) is 0 Å². The van der Waals surface area contributed by atoms with Crippen LogP contribution in [0.15, 0.2) is 84.9 Å². The van der Waals surface area contributed by atoms with Gasteiger partial charge in [-0.1, -0.05) is 99.3 Å². The van der Waals surface area contributed by atoms with Crippen molar-refractivity contribution in [3.05, 3.63) is 90.5 Å². The molecule has 0 fully saturated rings. The molecule has 33 heavy (non-hydrogen) atoms. The van der Waals surface area contributed by atoms with Crippen LogP contribution in [0.4, 0.5) is 8.78 Å². The lowest BCUT2D eigenvalue weighted by molar-refractivity contribution is -0.0498. The van der Waals surface area contributed by atoms with Crippen LogP contribution >= 0.6 is 0 Å². The fourth-order valence-corrected chi connectivity index (χ4v) is 4.25. The fraction of sp³-hybridized carbons (Fsp3) is 0.267. The van der Waals surface area contributed by atoms with Gasteiger partial charge in [0.15, 0.2) is 0 Å². The topological polar surface area (TPSA) is 9.23 Å². The number of alkyl halides is 2. The van der Waals surface area contributed by atoms with Crippen molar-refractivity contribution < 1.29 is 13.5 Å². The van der Waals surface area contributed by atoms with Gasteiger partial charge in [0, 0.05) is 0 Å². The van der Waals surface area contributed by atoms with E-state index in [4.69, 9.17) is 0 Å². The van der Waals surface area contributed by atoms with Crippen molar-refractivity contribution in [1.29, 1.82) is 0 Å². The summed E-state index contributed by atoms with van der Waals surface area (Å²) in [4.78, 5) is 0. The number of rotatable bonds is 10. The Morgan fingerprint density at radius 2 is 1.15 bits per heavy atom. The third-order valence-corrected chi connectivity index (χ3v) is 6.10. The molecule has 0 heterocycles. The number of hydrogen-bond acceptors (Lipinski definition) is 1. The van der Waals surface area contributed by atoms with Crippen molar-refractivity contribution in [2.24, 2.45) is 0 Å². The first-order valence-electron chi connectivity index (χ1n) is 11.8. The molecule has 0 amide bonds. The Morgan fingerprint density at radius 3 is 1.82 bits per heavy atom. The summed E-state index contributed by atoms with van der Waals surface area (Å²) in [5.41, 5.74) is 5.75. The molecule has 0 atom stereocenters. The first-order valence-corrected chi connectivity index (χ1v) is 11.8. The van der Waals surface area contributed by atoms with Crippen LogP contribution in [-0.4, -0.2) is 6.61 Å². The second-order valence-corrected chi connectivity index (χ2v) is 8.54. The van der Waals surface area contributed by atoms with E-state index in [9.17, 15) is 8.78 Å². The fourth-order valence-electron chi connectivity index (χ4n) is 4.25. The predicted octanol–water partition coefficient (Wildman–Crippen LogP) is 9.29. The number of unbranched alkanes of at least 4 members (excludes halogenated alkanes) is 4.